The van der Waals surface area contributed by atoms with Crippen LogP contribution in [0.2, 0.25) is 0 Å². The van der Waals surface area contributed by atoms with Gasteiger partial charge in [-0.05, 0) is 37.9 Å². The van der Waals surface area contributed by atoms with Gasteiger partial charge in [-0.25, -0.2) is 0 Å². The third kappa shape index (κ3) is 3.79. The van der Waals surface area contributed by atoms with E-state index < -0.39 is 0 Å². The minimum Gasteiger partial charge on any atom is -0.377 e. The molecule has 1 aromatic rings. The van der Waals surface area contributed by atoms with Crippen LogP contribution in [0.25, 0.3) is 0 Å². The Hall–Kier alpha value is -0.930. The van der Waals surface area contributed by atoms with Gasteiger partial charge in [0.25, 0.3) is 0 Å². The van der Waals surface area contributed by atoms with Crippen LogP contribution in [-0.2, 0) is 11.2 Å². The number of rotatable bonds is 5. The maximum absolute atomic E-state index is 5.87. The lowest BCUT2D eigenvalue weighted by atomic mass is 9.98. The molecular formula is C14H22N2O. The van der Waals surface area contributed by atoms with E-state index in [0.29, 0.717) is 12.1 Å². The van der Waals surface area contributed by atoms with Gasteiger partial charge in [-0.3, -0.25) is 4.98 Å². The molecule has 2 rings (SSSR count). The highest BCUT2D eigenvalue weighted by molar-refractivity contribution is 5.06. The average molecular weight is 234 g/mol. The number of aromatic nitrogens is 1. The molecule has 1 aliphatic rings. The van der Waals surface area contributed by atoms with Gasteiger partial charge in [-0.1, -0.05) is 13.0 Å². The summed E-state index contributed by atoms with van der Waals surface area (Å²) < 4.78 is 5.87. The van der Waals surface area contributed by atoms with Gasteiger partial charge in [0.15, 0.2) is 0 Å². The highest BCUT2D eigenvalue weighted by Crippen LogP contribution is 2.18. The van der Waals surface area contributed by atoms with E-state index in [1.165, 1.54) is 19.3 Å². The SMILES string of the molecule is CCNC(Cc1ccccn1)C1CCCCO1. The molecule has 1 aliphatic heterocycles. The molecule has 1 saturated heterocycles. The van der Waals surface area contributed by atoms with Crippen LogP contribution in [0, 0.1) is 0 Å². The van der Waals surface area contributed by atoms with Crippen molar-refractivity contribution in [2.75, 3.05) is 13.2 Å². The molecular weight excluding hydrogens is 212 g/mol. The van der Waals surface area contributed by atoms with Gasteiger partial charge >= 0.3 is 0 Å². The fraction of sp³-hybridized carbons (Fsp3) is 0.643. The summed E-state index contributed by atoms with van der Waals surface area (Å²) in [5, 5.41) is 3.54. The highest BCUT2D eigenvalue weighted by Gasteiger charge is 2.24. The third-order valence-corrected chi connectivity index (χ3v) is 3.29. The minimum absolute atomic E-state index is 0.353. The summed E-state index contributed by atoms with van der Waals surface area (Å²) in [4.78, 5) is 4.40. The molecule has 2 unspecified atom stereocenters. The van der Waals surface area contributed by atoms with Gasteiger partial charge in [0.1, 0.15) is 0 Å². The van der Waals surface area contributed by atoms with Crippen LogP contribution in [0.5, 0.6) is 0 Å². The van der Waals surface area contributed by atoms with Crippen LogP contribution in [0.4, 0.5) is 0 Å². The topological polar surface area (TPSA) is 34.2 Å². The second-order valence-electron chi connectivity index (χ2n) is 4.59. The molecule has 0 saturated carbocycles. The van der Waals surface area contributed by atoms with Crippen LogP contribution in [0.15, 0.2) is 24.4 Å². The molecule has 2 atom stereocenters. The van der Waals surface area contributed by atoms with Gasteiger partial charge in [0.2, 0.25) is 0 Å². The van der Waals surface area contributed by atoms with Crippen molar-refractivity contribution < 1.29 is 4.74 Å². The van der Waals surface area contributed by atoms with Crippen LogP contribution >= 0.6 is 0 Å². The van der Waals surface area contributed by atoms with Crippen LogP contribution in [-0.4, -0.2) is 30.3 Å². The molecule has 0 bridgehead atoms. The van der Waals surface area contributed by atoms with E-state index in [9.17, 15) is 0 Å². The van der Waals surface area contributed by atoms with Crippen molar-refractivity contribution in [2.24, 2.45) is 0 Å². The minimum atomic E-state index is 0.353. The van der Waals surface area contributed by atoms with Gasteiger partial charge in [0.05, 0.1) is 6.10 Å². The third-order valence-electron chi connectivity index (χ3n) is 3.29. The van der Waals surface area contributed by atoms with Crippen molar-refractivity contribution in [3.63, 3.8) is 0 Å². The summed E-state index contributed by atoms with van der Waals surface area (Å²) in [5.74, 6) is 0. The van der Waals surface area contributed by atoms with Crippen molar-refractivity contribution in [1.82, 2.24) is 10.3 Å². The predicted octanol–water partition coefficient (Wildman–Crippen LogP) is 2.17. The van der Waals surface area contributed by atoms with E-state index in [-0.39, 0.29) is 0 Å². The summed E-state index contributed by atoms with van der Waals surface area (Å²) in [6.07, 6.45) is 6.84. The summed E-state index contributed by atoms with van der Waals surface area (Å²) in [6, 6.07) is 6.50. The zero-order valence-corrected chi connectivity index (χ0v) is 10.6. The standard InChI is InChI=1S/C14H22N2O/c1-2-15-13(14-8-4-6-10-17-14)11-12-7-3-5-9-16-12/h3,5,7,9,13-15H,2,4,6,8,10-11H2,1H3. The lowest BCUT2D eigenvalue weighted by Crippen LogP contribution is -2.44. The molecule has 1 N–H and O–H groups in total. The number of pyridine rings is 1. The Morgan fingerprint density at radius 2 is 2.41 bits per heavy atom. The zero-order valence-electron chi connectivity index (χ0n) is 10.6. The van der Waals surface area contributed by atoms with Crippen molar-refractivity contribution in [3.8, 4) is 0 Å². The van der Waals surface area contributed by atoms with Crippen molar-refractivity contribution in [2.45, 2.75) is 44.8 Å². The quantitative estimate of drug-likeness (QED) is 0.848. The lowest BCUT2D eigenvalue weighted by Gasteiger charge is -2.31. The molecule has 17 heavy (non-hydrogen) atoms. The average Bonchev–Trinajstić information content (AvgIpc) is 2.40. The Morgan fingerprint density at radius 3 is 3.06 bits per heavy atom. The number of likely N-dealkylation sites (N-methyl/N-ethyl adjacent to an activating group) is 1. The highest BCUT2D eigenvalue weighted by atomic mass is 16.5. The molecule has 0 aromatic carbocycles. The number of hydrogen-bond donors (Lipinski definition) is 1. The summed E-state index contributed by atoms with van der Waals surface area (Å²) in [5.41, 5.74) is 1.15. The Morgan fingerprint density at radius 1 is 1.47 bits per heavy atom. The maximum atomic E-state index is 5.87. The second-order valence-corrected chi connectivity index (χ2v) is 4.59. The van der Waals surface area contributed by atoms with E-state index in [1.54, 1.807) is 0 Å². The fourth-order valence-corrected chi connectivity index (χ4v) is 2.42. The molecule has 1 fully saturated rings. The number of nitrogens with zero attached hydrogens (tertiary/aromatic N) is 1. The van der Waals surface area contributed by atoms with Gasteiger partial charge in [-0.2, -0.15) is 0 Å². The Bertz CT molecular complexity index is 309. The maximum Gasteiger partial charge on any atom is 0.0731 e. The molecule has 3 nitrogen and oxygen atoms in total. The molecule has 0 amide bonds. The normalized spacial score (nSPS) is 22.3. The molecule has 0 spiro atoms. The Kier molecular flexibility index (Phi) is 4.95. The molecule has 0 radical (unpaired) electrons. The van der Waals surface area contributed by atoms with E-state index in [4.69, 9.17) is 4.74 Å². The Balaban J connectivity index is 1.96. The first kappa shape index (κ1) is 12.5. The number of nitrogens with one attached hydrogen (secondary N) is 1. The van der Waals surface area contributed by atoms with Gasteiger partial charge < -0.3 is 10.1 Å². The lowest BCUT2D eigenvalue weighted by molar-refractivity contribution is -0.00727. The molecule has 0 aliphatic carbocycles. The van der Waals surface area contributed by atoms with Crippen LogP contribution in [0.3, 0.4) is 0 Å². The first-order valence-electron chi connectivity index (χ1n) is 6.65. The molecule has 2 heterocycles. The molecule has 1 aromatic heterocycles. The number of hydrogen-bond acceptors (Lipinski definition) is 3. The zero-order chi connectivity index (χ0) is 11.9. The first-order chi connectivity index (χ1) is 8.40. The summed E-state index contributed by atoms with van der Waals surface area (Å²) >= 11 is 0. The van der Waals surface area contributed by atoms with Crippen LogP contribution in [0.1, 0.15) is 31.9 Å². The van der Waals surface area contributed by atoms with Crippen molar-refractivity contribution >= 4 is 0 Å². The van der Waals surface area contributed by atoms with Crippen LogP contribution < -0.4 is 5.32 Å². The van der Waals surface area contributed by atoms with E-state index in [0.717, 1.165) is 25.3 Å². The van der Waals surface area contributed by atoms with E-state index in [2.05, 4.69) is 23.3 Å². The fourth-order valence-electron chi connectivity index (χ4n) is 2.42. The van der Waals surface area contributed by atoms with Crippen molar-refractivity contribution in [3.05, 3.63) is 30.1 Å². The largest absolute Gasteiger partial charge is 0.377 e. The predicted molar refractivity (Wildman–Crippen MR) is 69.0 cm³/mol. The molecule has 94 valence electrons. The molecule has 3 heteroatoms. The Labute approximate surface area is 104 Å². The smallest absolute Gasteiger partial charge is 0.0731 e. The van der Waals surface area contributed by atoms with E-state index >= 15 is 0 Å². The number of ether oxygens (including phenoxy) is 1. The first-order valence-corrected chi connectivity index (χ1v) is 6.65. The summed E-state index contributed by atoms with van der Waals surface area (Å²) in [7, 11) is 0. The van der Waals surface area contributed by atoms with Gasteiger partial charge in [-0.15, -0.1) is 0 Å². The summed E-state index contributed by atoms with van der Waals surface area (Å²) in [6.45, 7) is 4.04. The van der Waals surface area contributed by atoms with Crippen molar-refractivity contribution in [1.29, 1.82) is 0 Å². The second kappa shape index (κ2) is 6.72. The van der Waals surface area contributed by atoms with E-state index in [1.807, 2.05) is 18.3 Å². The van der Waals surface area contributed by atoms with Gasteiger partial charge in [0, 0.05) is 31.0 Å². The monoisotopic (exact) mass is 234 g/mol.